The van der Waals surface area contributed by atoms with E-state index in [1.807, 2.05) is 18.7 Å². The first kappa shape index (κ1) is 27.7. The summed E-state index contributed by atoms with van der Waals surface area (Å²) in [6.45, 7) is 8.72. The topological polar surface area (TPSA) is 52.7 Å². The number of hydrogen-bond donors (Lipinski definition) is 1. The van der Waals surface area contributed by atoms with E-state index in [2.05, 4.69) is 10.2 Å². The molecular formula is C28H36F3N3O2. The zero-order valence-corrected chi connectivity index (χ0v) is 21.1. The van der Waals surface area contributed by atoms with Gasteiger partial charge in [-0.05, 0) is 81.9 Å². The van der Waals surface area contributed by atoms with Crippen molar-refractivity contribution in [1.82, 2.24) is 15.1 Å². The maximum Gasteiger partial charge on any atom is 0.417 e. The number of nitrogens with zero attached hydrogens (tertiary/aromatic N) is 2. The first-order valence-corrected chi connectivity index (χ1v) is 12.8. The number of unbranched alkanes of at least 4 members (excludes halogenated alkanes) is 1. The Balaban J connectivity index is 1.43. The second-order valence-corrected chi connectivity index (χ2v) is 9.23. The number of carbonyl (C=O) groups is 2. The Bertz CT molecular complexity index is 1000. The molecule has 8 heteroatoms. The fraction of sp³-hybridized carbons (Fsp3) is 0.500. The number of hydrogen-bond acceptors (Lipinski definition) is 3. The van der Waals surface area contributed by atoms with Gasteiger partial charge >= 0.3 is 6.18 Å². The van der Waals surface area contributed by atoms with Crippen LogP contribution in [0.5, 0.6) is 0 Å². The zero-order chi connectivity index (χ0) is 26.1. The molecular weight excluding hydrogens is 467 g/mol. The van der Waals surface area contributed by atoms with Crippen LogP contribution in [0.15, 0.2) is 48.5 Å². The Morgan fingerprint density at radius 3 is 2.39 bits per heavy atom. The van der Waals surface area contributed by atoms with Crippen LogP contribution in [0.1, 0.15) is 55.5 Å². The van der Waals surface area contributed by atoms with Crippen molar-refractivity contribution < 1.29 is 22.8 Å². The molecule has 0 aromatic heterocycles. The van der Waals surface area contributed by atoms with Gasteiger partial charge in [0.15, 0.2) is 0 Å². The maximum atomic E-state index is 13.3. The summed E-state index contributed by atoms with van der Waals surface area (Å²) in [5.41, 5.74) is 0.228. The van der Waals surface area contributed by atoms with Gasteiger partial charge in [-0.15, -0.1) is 0 Å². The minimum absolute atomic E-state index is 0.0735. The molecule has 1 N–H and O–H groups in total. The molecule has 196 valence electrons. The van der Waals surface area contributed by atoms with Crippen LogP contribution < -0.4 is 5.32 Å². The molecule has 1 heterocycles. The van der Waals surface area contributed by atoms with Crippen LogP contribution in [-0.2, 0) is 11.0 Å². The molecule has 1 aliphatic rings. The Morgan fingerprint density at radius 2 is 1.72 bits per heavy atom. The van der Waals surface area contributed by atoms with Gasteiger partial charge in [0.1, 0.15) is 0 Å². The lowest BCUT2D eigenvalue weighted by Crippen LogP contribution is -2.45. The number of amides is 2. The fourth-order valence-electron chi connectivity index (χ4n) is 4.80. The Kier molecular flexibility index (Phi) is 9.93. The van der Waals surface area contributed by atoms with E-state index in [0.29, 0.717) is 17.7 Å². The SMILES string of the molecule is CCN(CC)C(=O)C1CCCN(CCCCNC(=O)c2ccc(-c3ccccc3C(F)(F)F)cc2)C1. The van der Waals surface area contributed by atoms with Crippen molar-refractivity contribution >= 4 is 11.8 Å². The van der Waals surface area contributed by atoms with E-state index in [4.69, 9.17) is 0 Å². The van der Waals surface area contributed by atoms with Crippen molar-refractivity contribution in [2.75, 3.05) is 39.3 Å². The molecule has 36 heavy (non-hydrogen) atoms. The first-order chi connectivity index (χ1) is 17.2. The minimum atomic E-state index is -4.44. The predicted octanol–water partition coefficient (Wildman–Crippen LogP) is 5.46. The van der Waals surface area contributed by atoms with Gasteiger partial charge in [0, 0.05) is 31.7 Å². The summed E-state index contributed by atoms with van der Waals surface area (Å²) < 4.78 is 39.9. The van der Waals surface area contributed by atoms with Crippen molar-refractivity contribution in [1.29, 1.82) is 0 Å². The van der Waals surface area contributed by atoms with Crippen LogP contribution in [-0.4, -0.2) is 60.9 Å². The summed E-state index contributed by atoms with van der Waals surface area (Å²) in [6, 6.07) is 11.6. The van der Waals surface area contributed by atoms with Crippen LogP contribution in [0.3, 0.4) is 0 Å². The molecule has 0 radical (unpaired) electrons. The smallest absolute Gasteiger partial charge is 0.352 e. The van der Waals surface area contributed by atoms with Gasteiger partial charge < -0.3 is 15.1 Å². The normalized spacial score (nSPS) is 16.5. The highest BCUT2D eigenvalue weighted by Gasteiger charge is 2.33. The third-order valence-electron chi connectivity index (χ3n) is 6.81. The average Bonchev–Trinajstić information content (AvgIpc) is 2.89. The molecule has 1 fully saturated rings. The number of piperidine rings is 1. The summed E-state index contributed by atoms with van der Waals surface area (Å²) in [4.78, 5) is 29.4. The lowest BCUT2D eigenvalue weighted by Gasteiger charge is -2.34. The van der Waals surface area contributed by atoms with Gasteiger partial charge in [-0.2, -0.15) is 13.2 Å². The highest BCUT2D eigenvalue weighted by atomic mass is 19.4. The molecule has 5 nitrogen and oxygen atoms in total. The molecule has 0 saturated carbocycles. The number of rotatable bonds is 10. The predicted molar refractivity (Wildman–Crippen MR) is 136 cm³/mol. The summed E-state index contributed by atoms with van der Waals surface area (Å²) in [7, 11) is 0. The molecule has 2 aromatic rings. The molecule has 0 aliphatic carbocycles. The van der Waals surface area contributed by atoms with Crippen LogP contribution in [0.4, 0.5) is 13.2 Å². The van der Waals surface area contributed by atoms with Gasteiger partial charge in [-0.3, -0.25) is 9.59 Å². The first-order valence-electron chi connectivity index (χ1n) is 12.8. The van der Waals surface area contributed by atoms with Gasteiger partial charge in [0.25, 0.3) is 5.91 Å². The van der Waals surface area contributed by atoms with E-state index >= 15 is 0 Å². The summed E-state index contributed by atoms with van der Waals surface area (Å²) >= 11 is 0. The largest absolute Gasteiger partial charge is 0.417 e. The van der Waals surface area contributed by atoms with Gasteiger partial charge in [0.2, 0.25) is 5.91 Å². The monoisotopic (exact) mass is 503 g/mol. The lowest BCUT2D eigenvalue weighted by atomic mass is 9.96. The Hall–Kier alpha value is -2.87. The molecule has 1 unspecified atom stereocenters. The maximum absolute atomic E-state index is 13.3. The molecule has 0 spiro atoms. The van der Waals surface area contributed by atoms with E-state index < -0.39 is 11.7 Å². The zero-order valence-electron chi connectivity index (χ0n) is 21.1. The van der Waals surface area contributed by atoms with E-state index in [-0.39, 0.29) is 23.3 Å². The third kappa shape index (κ3) is 7.32. The van der Waals surface area contributed by atoms with E-state index in [1.54, 1.807) is 30.3 Å². The highest BCUT2D eigenvalue weighted by Crippen LogP contribution is 2.36. The number of benzene rings is 2. The summed E-state index contributed by atoms with van der Waals surface area (Å²) in [6.07, 6.45) is -0.740. The highest BCUT2D eigenvalue weighted by molar-refractivity contribution is 5.94. The second kappa shape index (κ2) is 12.9. The van der Waals surface area contributed by atoms with Crippen molar-refractivity contribution in [3.63, 3.8) is 0 Å². The van der Waals surface area contributed by atoms with E-state index in [9.17, 15) is 22.8 Å². The molecule has 2 amide bonds. The number of halogens is 3. The summed E-state index contributed by atoms with van der Waals surface area (Å²) in [5, 5.41) is 2.89. The van der Waals surface area contributed by atoms with Crippen molar-refractivity contribution in [3.8, 4) is 11.1 Å². The molecule has 0 bridgehead atoms. The van der Waals surface area contributed by atoms with Gasteiger partial charge in [-0.25, -0.2) is 0 Å². The summed E-state index contributed by atoms with van der Waals surface area (Å²) in [5.74, 6) is 0.0859. The lowest BCUT2D eigenvalue weighted by molar-refractivity contribution is -0.137. The standard InChI is InChI=1S/C28H36F3N3O2/c1-3-34(4-2)27(36)23-10-9-19-33(20-23)18-8-7-17-32-26(35)22-15-13-21(14-16-22)24-11-5-6-12-25(24)28(29,30)31/h5-6,11-16,23H,3-4,7-10,17-20H2,1-2H3,(H,32,35). The Labute approximate surface area is 211 Å². The number of carbonyl (C=O) groups excluding carboxylic acids is 2. The number of nitrogens with one attached hydrogen (secondary N) is 1. The number of alkyl halides is 3. The molecule has 1 aliphatic heterocycles. The van der Waals surface area contributed by atoms with Crippen LogP contribution in [0.2, 0.25) is 0 Å². The van der Waals surface area contributed by atoms with Crippen molar-refractivity contribution in [3.05, 3.63) is 59.7 Å². The minimum Gasteiger partial charge on any atom is -0.352 e. The van der Waals surface area contributed by atoms with Gasteiger partial charge in [-0.1, -0.05) is 30.3 Å². The van der Waals surface area contributed by atoms with Crippen LogP contribution in [0, 0.1) is 5.92 Å². The fourth-order valence-corrected chi connectivity index (χ4v) is 4.80. The third-order valence-corrected chi connectivity index (χ3v) is 6.81. The molecule has 2 aromatic carbocycles. The van der Waals surface area contributed by atoms with Crippen molar-refractivity contribution in [2.45, 2.75) is 45.7 Å². The van der Waals surface area contributed by atoms with E-state index in [1.165, 1.54) is 12.1 Å². The quantitative estimate of drug-likeness (QED) is 0.438. The molecule has 1 saturated heterocycles. The van der Waals surface area contributed by atoms with Crippen LogP contribution in [0.25, 0.3) is 11.1 Å². The van der Waals surface area contributed by atoms with Crippen molar-refractivity contribution in [2.24, 2.45) is 5.92 Å². The van der Waals surface area contributed by atoms with Crippen LogP contribution >= 0.6 is 0 Å². The Morgan fingerprint density at radius 1 is 1.03 bits per heavy atom. The van der Waals surface area contributed by atoms with Gasteiger partial charge in [0.05, 0.1) is 11.5 Å². The number of likely N-dealkylation sites (tertiary alicyclic amines) is 1. The second-order valence-electron chi connectivity index (χ2n) is 9.23. The molecule has 1 atom stereocenters. The molecule has 3 rings (SSSR count). The van der Waals surface area contributed by atoms with E-state index in [0.717, 1.165) is 64.5 Å². The average molecular weight is 504 g/mol.